The van der Waals surface area contributed by atoms with Crippen molar-refractivity contribution in [3.63, 3.8) is 0 Å². The molecule has 0 spiro atoms. The Morgan fingerprint density at radius 3 is 1.88 bits per heavy atom. The molecule has 220 valence electrons. The van der Waals surface area contributed by atoms with Gasteiger partial charge in [0.05, 0.1) is 13.7 Å². The van der Waals surface area contributed by atoms with Gasteiger partial charge in [-0.1, -0.05) is 39.8 Å². The molecule has 2 fully saturated rings. The lowest BCUT2D eigenvalue weighted by Crippen LogP contribution is -2.53. The van der Waals surface area contributed by atoms with Crippen LogP contribution in [0.5, 0.6) is 5.75 Å². The molecular formula is C30H44N10O. The molecule has 2 aliphatic heterocycles. The monoisotopic (exact) mass is 560 g/mol. The fraction of sp³-hybridized carbons (Fsp3) is 0.533. The van der Waals surface area contributed by atoms with E-state index in [4.69, 9.17) is 4.74 Å². The van der Waals surface area contributed by atoms with Gasteiger partial charge < -0.3 is 25.2 Å². The van der Waals surface area contributed by atoms with Crippen molar-refractivity contribution >= 4 is 23.3 Å². The summed E-state index contributed by atoms with van der Waals surface area (Å²) in [7, 11) is 1.67. The van der Waals surface area contributed by atoms with Crippen LogP contribution in [-0.2, 0) is 6.54 Å². The van der Waals surface area contributed by atoms with Crippen LogP contribution in [0.4, 0.5) is 23.3 Å². The van der Waals surface area contributed by atoms with Crippen molar-refractivity contribution in [1.29, 1.82) is 0 Å². The smallest absolute Gasteiger partial charge is 0.170 e. The maximum absolute atomic E-state index is 5.34. The van der Waals surface area contributed by atoms with Gasteiger partial charge in [-0.2, -0.15) is 0 Å². The van der Waals surface area contributed by atoms with Gasteiger partial charge in [0.1, 0.15) is 5.75 Å². The van der Waals surface area contributed by atoms with Crippen molar-refractivity contribution in [2.24, 2.45) is 11.8 Å². The van der Waals surface area contributed by atoms with Gasteiger partial charge in [-0.05, 0) is 53.8 Å². The summed E-state index contributed by atoms with van der Waals surface area (Å²) >= 11 is 0. The highest BCUT2D eigenvalue weighted by Crippen LogP contribution is 2.22. The molecule has 2 aliphatic rings. The van der Waals surface area contributed by atoms with E-state index in [1.165, 1.54) is 0 Å². The predicted molar refractivity (Wildman–Crippen MR) is 165 cm³/mol. The number of rotatable bonds is 10. The highest BCUT2D eigenvalue weighted by Gasteiger charge is 2.24. The standard InChI is InChI=1S/C30H44N10O/c1-21(2)25-19-38(16-14-31-25)28-11-10-27(33-34-28)37-40(18-23-6-8-24(41-5)9-7-23)30-13-12-29(35-36-30)39-17-15-32-26(20-39)22(3)4/h6-13,21-22,25-26,31-32H,14-20H2,1-5H3,(H,33,37). The molecule has 3 N–H and O–H groups in total. The van der Waals surface area contributed by atoms with Crippen molar-refractivity contribution in [1.82, 2.24) is 31.0 Å². The second-order valence-electron chi connectivity index (χ2n) is 11.6. The minimum atomic E-state index is 0.442. The predicted octanol–water partition coefficient (Wildman–Crippen LogP) is 3.18. The Bertz CT molecular complexity index is 1220. The molecule has 11 heteroatoms. The first-order valence-corrected chi connectivity index (χ1v) is 14.7. The lowest BCUT2D eigenvalue weighted by molar-refractivity contribution is 0.367. The molecule has 2 aromatic heterocycles. The summed E-state index contributed by atoms with van der Waals surface area (Å²) in [5.41, 5.74) is 4.52. The number of nitrogens with one attached hydrogen (secondary N) is 3. The van der Waals surface area contributed by atoms with Gasteiger partial charge in [0.2, 0.25) is 0 Å². The first-order chi connectivity index (χ1) is 19.9. The Balaban J connectivity index is 1.32. The number of methoxy groups -OCH3 is 1. The summed E-state index contributed by atoms with van der Waals surface area (Å²) in [5, 5.41) is 27.5. The SMILES string of the molecule is COc1ccc(CN(Nc2ccc(N3CCNC(C(C)C)C3)nn2)c2ccc(N3CCNC(C(C)C)C3)nn2)cc1. The van der Waals surface area contributed by atoms with Crippen molar-refractivity contribution in [3.05, 3.63) is 54.1 Å². The minimum absolute atomic E-state index is 0.442. The van der Waals surface area contributed by atoms with Gasteiger partial charge >= 0.3 is 0 Å². The van der Waals surface area contributed by atoms with Crippen LogP contribution in [-0.4, -0.2) is 78.9 Å². The molecule has 1 aromatic carbocycles. The van der Waals surface area contributed by atoms with Crippen molar-refractivity contribution in [3.8, 4) is 5.75 Å². The number of hydrazine groups is 1. The van der Waals surface area contributed by atoms with Gasteiger partial charge in [-0.15, -0.1) is 20.4 Å². The zero-order valence-electron chi connectivity index (χ0n) is 24.9. The first kappa shape index (κ1) is 28.8. The third kappa shape index (κ3) is 7.34. The highest BCUT2D eigenvalue weighted by atomic mass is 16.5. The molecule has 2 atom stereocenters. The summed E-state index contributed by atoms with van der Waals surface area (Å²) in [6.45, 7) is 15.1. The molecule has 4 heterocycles. The number of nitrogens with zero attached hydrogens (tertiary/aromatic N) is 7. The molecule has 41 heavy (non-hydrogen) atoms. The van der Waals surface area contributed by atoms with Crippen LogP contribution in [0, 0.1) is 11.8 Å². The van der Waals surface area contributed by atoms with E-state index in [9.17, 15) is 0 Å². The highest BCUT2D eigenvalue weighted by molar-refractivity contribution is 5.52. The van der Waals surface area contributed by atoms with Gasteiger partial charge in [-0.3, -0.25) is 10.4 Å². The topological polar surface area (TPSA) is 107 Å². The van der Waals surface area contributed by atoms with Crippen LogP contribution < -0.4 is 35.6 Å². The van der Waals surface area contributed by atoms with E-state index >= 15 is 0 Å². The Kier molecular flexibility index (Phi) is 9.35. The summed E-state index contributed by atoms with van der Waals surface area (Å²) < 4.78 is 5.34. The van der Waals surface area contributed by atoms with Crippen LogP contribution in [0.1, 0.15) is 33.3 Å². The molecule has 2 unspecified atom stereocenters. The minimum Gasteiger partial charge on any atom is -0.497 e. The summed E-state index contributed by atoms with van der Waals surface area (Å²) in [4.78, 5) is 4.61. The third-order valence-electron chi connectivity index (χ3n) is 7.98. The summed E-state index contributed by atoms with van der Waals surface area (Å²) in [6, 6.07) is 17.0. The number of hydrogen-bond acceptors (Lipinski definition) is 11. The van der Waals surface area contributed by atoms with E-state index in [1.807, 2.05) is 47.5 Å². The second-order valence-corrected chi connectivity index (χ2v) is 11.6. The lowest BCUT2D eigenvalue weighted by atomic mass is 10.0. The number of piperazine rings is 2. The number of hydrogen-bond donors (Lipinski definition) is 3. The van der Waals surface area contributed by atoms with Gasteiger partial charge in [-0.25, -0.2) is 0 Å². The molecule has 0 bridgehead atoms. The quantitative estimate of drug-likeness (QED) is 0.318. The van der Waals surface area contributed by atoms with E-state index in [1.54, 1.807) is 7.11 Å². The fourth-order valence-corrected chi connectivity index (χ4v) is 5.28. The van der Waals surface area contributed by atoms with E-state index in [0.717, 1.165) is 62.2 Å². The molecule has 0 aliphatic carbocycles. The molecule has 0 radical (unpaired) electrons. The Morgan fingerprint density at radius 1 is 0.805 bits per heavy atom. The maximum Gasteiger partial charge on any atom is 0.170 e. The van der Waals surface area contributed by atoms with Gasteiger partial charge in [0, 0.05) is 51.4 Å². The van der Waals surface area contributed by atoms with Crippen LogP contribution in [0.15, 0.2) is 48.5 Å². The summed E-state index contributed by atoms with van der Waals surface area (Å²) in [5.74, 6) is 5.08. The van der Waals surface area contributed by atoms with Crippen molar-refractivity contribution < 1.29 is 4.74 Å². The molecule has 2 saturated heterocycles. The molecule has 0 saturated carbocycles. The Labute approximate surface area is 243 Å². The van der Waals surface area contributed by atoms with Gasteiger partial charge in [0.15, 0.2) is 23.3 Å². The maximum atomic E-state index is 5.34. The number of aromatic nitrogens is 4. The second kappa shape index (κ2) is 13.3. The summed E-state index contributed by atoms with van der Waals surface area (Å²) in [6.07, 6.45) is 0. The normalized spacial score (nSPS) is 19.5. The Hall–Kier alpha value is -3.70. The zero-order chi connectivity index (χ0) is 28.8. The van der Waals surface area contributed by atoms with E-state index < -0.39 is 0 Å². The van der Waals surface area contributed by atoms with E-state index in [0.29, 0.717) is 42.1 Å². The van der Waals surface area contributed by atoms with Crippen molar-refractivity contribution in [2.75, 3.05) is 66.6 Å². The number of ether oxygens (including phenoxy) is 1. The van der Waals surface area contributed by atoms with E-state index in [-0.39, 0.29) is 0 Å². The van der Waals surface area contributed by atoms with Crippen LogP contribution in [0.25, 0.3) is 0 Å². The van der Waals surface area contributed by atoms with Crippen LogP contribution >= 0.6 is 0 Å². The van der Waals surface area contributed by atoms with Crippen molar-refractivity contribution in [2.45, 2.75) is 46.3 Å². The molecule has 0 amide bonds. The molecule has 11 nitrogen and oxygen atoms in total. The number of anilines is 4. The molecular weight excluding hydrogens is 516 g/mol. The number of benzene rings is 1. The fourth-order valence-electron chi connectivity index (χ4n) is 5.28. The van der Waals surface area contributed by atoms with Crippen LogP contribution in [0.2, 0.25) is 0 Å². The first-order valence-electron chi connectivity index (χ1n) is 14.7. The lowest BCUT2D eigenvalue weighted by Gasteiger charge is -2.36. The van der Waals surface area contributed by atoms with Gasteiger partial charge in [0.25, 0.3) is 0 Å². The Morgan fingerprint density at radius 2 is 1.39 bits per heavy atom. The molecule has 3 aromatic rings. The van der Waals surface area contributed by atoms with Crippen LogP contribution in [0.3, 0.4) is 0 Å². The third-order valence-corrected chi connectivity index (χ3v) is 7.98. The average Bonchev–Trinajstić information content (AvgIpc) is 3.01. The average molecular weight is 561 g/mol. The molecule has 5 rings (SSSR count). The largest absolute Gasteiger partial charge is 0.497 e. The zero-order valence-corrected chi connectivity index (χ0v) is 24.9. The van der Waals surface area contributed by atoms with E-state index in [2.05, 4.69) is 80.0 Å².